The van der Waals surface area contributed by atoms with Crippen LogP contribution in [0, 0.1) is 5.41 Å². The van der Waals surface area contributed by atoms with Gasteiger partial charge in [-0.3, -0.25) is 9.78 Å². The Kier molecular flexibility index (Phi) is 6.47. The summed E-state index contributed by atoms with van der Waals surface area (Å²) in [7, 11) is 1.81. The van der Waals surface area contributed by atoms with Gasteiger partial charge in [-0.1, -0.05) is 13.0 Å². The Balaban J connectivity index is 1.56. The predicted octanol–water partition coefficient (Wildman–Crippen LogP) is 3.84. The van der Waals surface area contributed by atoms with Gasteiger partial charge < -0.3 is 26.1 Å². The molecule has 0 bridgehead atoms. The molecule has 2 heterocycles. The average molecular weight is 430 g/mol. The molecule has 7 nitrogen and oxygen atoms in total. The number of anilines is 1. The van der Waals surface area contributed by atoms with Crippen molar-refractivity contribution in [2.24, 2.45) is 0 Å². The molecule has 0 spiro atoms. The summed E-state index contributed by atoms with van der Waals surface area (Å²) in [4.78, 5) is 17.1. The molecule has 3 aromatic rings. The number of carbonyl (C=O) groups is 1. The van der Waals surface area contributed by atoms with Crippen molar-refractivity contribution in [3.05, 3.63) is 71.4 Å². The van der Waals surface area contributed by atoms with Crippen molar-refractivity contribution in [3.8, 4) is 22.8 Å². The number of carbonyl (C=O) groups excluding carboxylic acids is 1. The van der Waals surface area contributed by atoms with Gasteiger partial charge in [0.05, 0.1) is 11.7 Å². The Morgan fingerprint density at radius 3 is 2.69 bits per heavy atom. The van der Waals surface area contributed by atoms with Crippen molar-refractivity contribution in [1.29, 1.82) is 5.41 Å². The Bertz CT molecular complexity index is 1140. The highest BCUT2D eigenvalue weighted by Crippen LogP contribution is 2.29. The summed E-state index contributed by atoms with van der Waals surface area (Å²) in [5.41, 5.74) is 5.02. The molecule has 7 heteroatoms. The van der Waals surface area contributed by atoms with Crippen molar-refractivity contribution in [3.63, 3.8) is 0 Å². The van der Waals surface area contributed by atoms with E-state index in [0.29, 0.717) is 17.1 Å². The third kappa shape index (κ3) is 4.63. The lowest BCUT2D eigenvalue weighted by Gasteiger charge is -2.28. The fourth-order valence-corrected chi connectivity index (χ4v) is 3.63. The smallest absolute Gasteiger partial charge is 0.251 e. The molecule has 0 unspecified atom stereocenters. The Labute approximate surface area is 187 Å². The standard InChI is InChI=1S/C25H27N5O2/c1-3-16-10-17(5-7-22(16)25(31)30-19-14-28-15-19)24-12-21(8-9-29-24)32-20-6-4-18(13-26)23(11-20)27-2/h4-13,19,26-28H,3,14-15H2,1-2H3,(H,30,31). The molecule has 1 amide bonds. The highest BCUT2D eigenvalue weighted by atomic mass is 16.5. The van der Waals surface area contributed by atoms with Gasteiger partial charge in [0.2, 0.25) is 0 Å². The molecule has 32 heavy (non-hydrogen) atoms. The second-order valence-electron chi connectivity index (χ2n) is 7.68. The van der Waals surface area contributed by atoms with Gasteiger partial charge in [-0.05, 0) is 42.3 Å². The number of aromatic nitrogens is 1. The zero-order chi connectivity index (χ0) is 22.5. The molecule has 4 N–H and O–H groups in total. The maximum atomic E-state index is 12.6. The molecule has 0 aliphatic carbocycles. The molecule has 4 rings (SSSR count). The van der Waals surface area contributed by atoms with Crippen LogP contribution in [0.15, 0.2) is 54.7 Å². The van der Waals surface area contributed by atoms with Crippen LogP contribution < -0.4 is 20.7 Å². The van der Waals surface area contributed by atoms with Crippen molar-refractivity contribution in [1.82, 2.24) is 15.6 Å². The summed E-state index contributed by atoms with van der Waals surface area (Å²) in [6.45, 7) is 3.69. The quantitative estimate of drug-likeness (QED) is 0.408. The van der Waals surface area contributed by atoms with E-state index in [4.69, 9.17) is 10.1 Å². The Morgan fingerprint density at radius 1 is 1.19 bits per heavy atom. The Hall–Kier alpha value is -3.71. The van der Waals surface area contributed by atoms with E-state index in [1.54, 1.807) is 6.20 Å². The van der Waals surface area contributed by atoms with Crippen LogP contribution in [0.5, 0.6) is 11.5 Å². The first-order valence-corrected chi connectivity index (χ1v) is 10.7. The van der Waals surface area contributed by atoms with E-state index >= 15 is 0 Å². The van der Waals surface area contributed by atoms with E-state index in [2.05, 4.69) is 20.9 Å². The van der Waals surface area contributed by atoms with Crippen LogP contribution in [0.25, 0.3) is 11.3 Å². The van der Waals surface area contributed by atoms with Gasteiger partial charge in [0.15, 0.2) is 0 Å². The molecule has 164 valence electrons. The number of ether oxygens (including phenoxy) is 1. The van der Waals surface area contributed by atoms with E-state index in [0.717, 1.165) is 47.6 Å². The molecule has 2 aromatic carbocycles. The number of rotatable bonds is 8. The number of amides is 1. The minimum absolute atomic E-state index is 0.0290. The SMILES string of the molecule is CCc1cc(-c2cc(Oc3ccc(C=N)c(NC)c3)ccn2)ccc1C(=O)NC1CNC1. The molecule has 0 radical (unpaired) electrons. The van der Waals surface area contributed by atoms with Gasteiger partial charge in [0.25, 0.3) is 5.91 Å². The maximum absolute atomic E-state index is 12.6. The van der Waals surface area contributed by atoms with Gasteiger partial charge in [-0.25, -0.2) is 0 Å². The lowest BCUT2D eigenvalue weighted by Crippen LogP contribution is -2.57. The molecule has 1 aliphatic rings. The third-order valence-electron chi connectivity index (χ3n) is 5.56. The molecule has 1 aliphatic heterocycles. The van der Waals surface area contributed by atoms with Gasteiger partial charge in [-0.2, -0.15) is 0 Å². The zero-order valence-corrected chi connectivity index (χ0v) is 18.2. The minimum Gasteiger partial charge on any atom is -0.457 e. The van der Waals surface area contributed by atoms with Crippen molar-refractivity contribution in [2.75, 3.05) is 25.5 Å². The first kappa shape index (κ1) is 21.5. The van der Waals surface area contributed by atoms with E-state index in [1.165, 1.54) is 6.21 Å². The molecule has 1 fully saturated rings. The summed E-state index contributed by atoms with van der Waals surface area (Å²) in [5.74, 6) is 1.31. The number of nitrogens with one attached hydrogen (secondary N) is 4. The van der Waals surface area contributed by atoms with E-state index in [1.807, 2.05) is 62.5 Å². The number of aryl methyl sites for hydroxylation is 1. The van der Waals surface area contributed by atoms with Crippen LogP contribution in [0.2, 0.25) is 0 Å². The second kappa shape index (κ2) is 9.62. The van der Waals surface area contributed by atoms with Crippen molar-refractivity contribution in [2.45, 2.75) is 19.4 Å². The third-order valence-corrected chi connectivity index (χ3v) is 5.56. The lowest BCUT2D eigenvalue weighted by atomic mass is 9.99. The van der Waals surface area contributed by atoms with Crippen LogP contribution in [0.4, 0.5) is 5.69 Å². The zero-order valence-electron chi connectivity index (χ0n) is 18.2. The summed E-state index contributed by atoms with van der Waals surface area (Å²) in [5, 5.41) is 16.8. The van der Waals surface area contributed by atoms with Gasteiger partial charge in [0.1, 0.15) is 11.5 Å². The summed E-state index contributed by atoms with van der Waals surface area (Å²) in [6, 6.07) is 15.3. The molecule has 0 atom stereocenters. The topological polar surface area (TPSA) is 99.1 Å². The molecule has 0 saturated carbocycles. The van der Waals surface area contributed by atoms with Crippen LogP contribution in [0.1, 0.15) is 28.4 Å². The first-order valence-electron chi connectivity index (χ1n) is 10.7. The fourth-order valence-electron chi connectivity index (χ4n) is 3.63. The predicted molar refractivity (Wildman–Crippen MR) is 127 cm³/mol. The minimum atomic E-state index is -0.0290. The number of benzene rings is 2. The maximum Gasteiger partial charge on any atom is 0.251 e. The number of hydrogen-bond donors (Lipinski definition) is 4. The van der Waals surface area contributed by atoms with Crippen molar-refractivity contribution < 1.29 is 9.53 Å². The molecular formula is C25H27N5O2. The fraction of sp³-hybridized carbons (Fsp3) is 0.240. The monoisotopic (exact) mass is 429 g/mol. The Morgan fingerprint density at radius 2 is 2.00 bits per heavy atom. The molecule has 1 saturated heterocycles. The van der Waals surface area contributed by atoms with E-state index < -0.39 is 0 Å². The largest absolute Gasteiger partial charge is 0.457 e. The summed E-state index contributed by atoms with van der Waals surface area (Å²) < 4.78 is 6.04. The van der Waals surface area contributed by atoms with E-state index in [9.17, 15) is 4.79 Å². The highest BCUT2D eigenvalue weighted by Gasteiger charge is 2.21. The second-order valence-corrected chi connectivity index (χ2v) is 7.68. The van der Waals surface area contributed by atoms with Gasteiger partial charge >= 0.3 is 0 Å². The molecular weight excluding hydrogens is 402 g/mol. The summed E-state index contributed by atoms with van der Waals surface area (Å²) >= 11 is 0. The lowest BCUT2D eigenvalue weighted by molar-refractivity contribution is 0.0923. The first-order chi connectivity index (χ1) is 15.6. The number of hydrogen-bond acceptors (Lipinski definition) is 6. The average Bonchev–Trinajstić information content (AvgIpc) is 2.80. The van der Waals surface area contributed by atoms with Crippen LogP contribution in [-0.4, -0.2) is 43.3 Å². The molecule has 1 aromatic heterocycles. The van der Waals surface area contributed by atoms with E-state index in [-0.39, 0.29) is 11.9 Å². The van der Waals surface area contributed by atoms with Gasteiger partial charge in [-0.15, -0.1) is 0 Å². The van der Waals surface area contributed by atoms with Crippen molar-refractivity contribution >= 4 is 17.8 Å². The summed E-state index contributed by atoms with van der Waals surface area (Å²) in [6.07, 6.45) is 3.77. The normalized spacial score (nSPS) is 13.2. The number of nitrogens with zero attached hydrogens (tertiary/aromatic N) is 1. The van der Waals surface area contributed by atoms with Crippen LogP contribution >= 0.6 is 0 Å². The number of pyridine rings is 1. The highest BCUT2D eigenvalue weighted by molar-refractivity contribution is 5.96. The van der Waals surface area contributed by atoms with Gasteiger partial charge in [0, 0.05) is 67.1 Å². The van der Waals surface area contributed by atoms with Crippen LogP contribution in [-0.2, 0) is 6.42 Å². The van der Waals surface area contributed by atoms with Crippen LogP contribution in [0.3, 0.4) is 0 Å².